The van der Waals surface area contributed by atoms with Gasteiger partial charge in [0.25, 0.3) is 0 Å². The molecule has 0 aromatic carbocycles. The molecule has 0 radical (unpaired) electrons. The summed E-state index contributed by atoms with van der Waals surface area (Å²) in [5.74, 6) is 0. The summed E-state index contributed by atoms with van der Waals surface area (Å²) in [5.41, 5.74) is 0.0818. The zero-order valence-electron chi connectivity index (χ0n) is 11.5. The van der Waals surface area contributed by atoms with Gasteiger partial charge in [0.2, 0.25) is 0 Å². The van der Waals surface area contributed by atoms with E-state index in [1.807, 2.05) is 5.32 Å². The molecular weight excluding hydrogens is 271 g/mol. The first-order valence-electron chi connectivity index (χ1n) is 7.25. The van der Waals surface area contributed by atoms with Crippen molar-refractivity contribution >= 4 is 6.03 Å². The number of hydrogen-bond acceptors (Lipinski definition) is 2. The van der Waals surface area contributed by atoms with Crippen molar-refractivity contribution in [2.45, 2.75) is 62.7 Å². The molecule has 1 aliphatic carbocycles. The summed E-state index contributed by atoms with van der Waals surface area (Å²) in [6, 6.07) is -0.761. The number of hydrogen-bond donors (Lipinski definition) is 3. The molecule has 1 aliphatic heterocycles. The Hall–Kier alpha value is -0.980. The van der Waals surface area contributed by atoms with Gasteiger partial charge in [-0.2, -0.15) is 13.2 Å². The molecule has 2 rings (SSSR count). The van der Waals surface area contributed by atoms with Crippen LogP contribution in [0.15, 0.2) is 0 Å². The van der Waals surface area contributed by atoms with Gasteiger partial charge in [-0.1, -0.05) is 19.3 Å². The van der Waals surface area contributed by atoms with Gasteiger partial charge in [-0.05, 0) is 32.2 Å². The highest BCUT2D eigenvalue weighted by Crippen LogP contribution is 2.34. The lowest BCUT2D eigenvalue weighted by molar-refractivity contribution is -0.122. The number of carbonyl (C=O) groups excluding carboxylic acids is 1. The molecule has 7 heteroatoms. The predicted molar refractivity (Wildman–Crippen MR) is 69.4 cm³/mol. The second-order valence-electron chi connectivity index (χ2n) is 5.90. The van der Waals surface area contributed by atoms with E-state index < -0.39 is 18.8 Å². The second-order valence-corrected chi connectivity index (χ2v) is 5.90. The van der Waals surface area contributed by atoms with Gasteiger partial charge in [0.05, 0.1) is 0 Å². The average molecular weight is 293 g/mol. The quantitative estimate of drug-likeness (QED) is 0.732. The molecule has 3 N–H and O–H groups in total. The summed E-state index contributed by atoms with van der Waals surface area (Å²) < 4.78 is 36.1. The van der Waals surface area contributed by atoms with Gasteiger partial charge < -0.3 is 16.0 Å². The molecule has 20 heavy (non-hydrogen) atoms. The van der Waals surface area contributed by atoms with E-state index >= 15 is 0 Å². The third-order valence-corrected chi connectivity index (χ3v) is 4.23. The number of halogens is 3. The highest BCUT2D eigenvalue weighted by Gasteiger charge is 2.37. The standard InChI is InChI=1S/C13H22F3N3O/c14-13(15,16)9-17-11(20)19-10-4-7-18-12(8-10)5-2-1-3-6-12/h10,18H,1-9H2,(H2,17,19,20). The van der Waals surface area contributed by atoms with E-state index in [2.05, 4.69) is 10.6 Å². The highest BCUT2D eigenvalue weighted by atomic mass is 19.4. The molecule has 2 aliphatic rings. The summed E-state index contributed by atoms with van der Waals surface area (Å²) >= 11 is 0. The van der Waals surface area contributed by atoms with E-state index in [0.29, 0.717) is 0 Å². The van der Waals surface area contributed by atoms with Crippen LogP contribution < -0.4 is 16.0 Å². The van der Waals surface area contributed by atoms with Crippen LogP contribution in [-0.4, -0.2) is 36.9 Å². The van der Waals surface area contributed by atoms with Gasteiger partial charge in [0, 0.05) is 11.6 Å². The van der Waals surface area contributed by atoms with Crippen LogP contribution in [0.3, 0.4) is 0 Å². The Morgan fingerprint density at radius 2 is 1.95 bits per heavy atom. The minimum atomic E-state index is -4.37. The van der Waals surface area contributed by atoms with Crippen molar-refractivity contribution in [1.29, 1.82) is 0 Å². The number of alkyl halides is 3. The SMILES string of the molecule is O=C(NCC(F)(F)F)NC1CCNC2(CCCCC2)C1. The predicted octanol–water partition coefficient (Wildman–Crippen LogP) is 2.30. The Balaban J connectivity index is 1.79. The zero-order valence-corrected chi connectivity index (χ0v) is 11.5. The van der Waals surface area contributed by atoms with Gasteiger partial charge in [0.15, 0.2) is 0 Å². The third kappa shape index (κ3) is 4.54. The van der Waals surface area contributed by atoms with Gasteiger partial charge in [-0.3, -0.25) is 0 Å². The van der Waals surface area contributed by atoms with Crippen LogP contribution in [0.5, 0.6) is 0 Å². The Morgan fingerprint density at radius 3 is 2.60 bits per heavy atom. The normalized spacial score (nSPS) is 26.2. The lowest BCUT2D eigenvalue weighted by Crippen LogP contribution is -2.58. The van der Waals surface area contributed by atoms with Crippen LogP contribution in [0.4, 0.5) is 18.0 Å². The first-order valence-corrected chi connectivity index (χ1v) is 7.25. The Morgan fingerprint density at radius 1 is 1.25 bits per heavy atom. The molecule has 0 bridgehead atoms. The summed E-state index contributed by atoms with van der Waals surface area (Å²) in [6.45, 7) is -0.473. The maximum atomic E-state index is 12.0. The van der Waals surface area contributed by atoms with Crippen LogP contribution in [0.25, 0.3) is 0 Å². The molecule has 1 heterocycles. The first-order chi connectivity index (χ1) is 9.39. The third-order valence-electron chi connectivity index (χ3n) is 4.23. The minimum absolute atomic E-state index is 0.0393. The monoisotopic (exact) mass is 293 g/mol. The van der Waals surface area contributed by atoms with Crippen LogP contribution in [0.1, 0.15) is 44.9 Å². The molecule has 1 atom stereocenters. The lowest BCUT2D eigenvalue weighted by atomic mass is 9.75. The van der Waals surface area contributed by atoms with Crippen LogP contribution >= 0.6 is 0 Å². The topological polar surface area (TPSA) is 53.2 Å². The summed E-state index contributed by atoms with van der Waals surface area (Å²) in [6.07, 6.45) is 3.00. The van der Waals surface area contributed by atoms with Gasteiger partial charge >= 0.3 is 12.2 Å². The number of nitrogens with one attached hydrogen (secondary N) is 3. The van der Waals surface area contributed by atoms with Crippen molar-refractivity contribution in [3.63, 3.8) is 0 Å². The van der Waals surface area contributed by atoms with Crippen LogP contribution in [0, 0.1) is 0 Å². The molecule has 2 amide bonds. The smallest absolute Gasteiger partial charge is 0.335 e. The molecule has 4 nitrogen and oxygen atoms in total. The molecule has 2 fully saturated rings. The van der Waals surface area contributed by atoms with E-state index in [0.717, 1.165) is 32.2 Å². The van der Waals surface area contributed by atoms with Crippen molar-refractivity contribution in [3.05, 3.63) is 0 Å². The molecule has 1 saturated carbocycles. The molecule has 1 spiro atoms. The number of rotatable bonds is 2. The highest BCUT2D eigenvalue weighted by molar-refractivity contribution is 5.74. The molecule has 0 aromatic heterocycles. The van der Waals surface area contributed by atoms with Crippen molar-refractivity contribution in [2.24, 2.45) is 0 Å². The van der Waals surface area contributed by atoms with Gasteiger partial charge in [-0.25, -0.2) is 4.79 Å². The molecule has 116 valence electrons. The Kier molecular flexibility index (Phi) is 4.78. The van der Waals surface area contributed by atoms with E-state index in [1.165, 1.54) is 19.3 Å². The number of urea groups is 1. The maximum Gasteiger partial charge on any atom is 0.405 e. The van der Waals surface area contributed by atoms with Gasteiger partial charge in [-0.15, -0.1) is 0 Å². The number of carbonyl (C=O) groups is 1. The van der Waals surface area contributed by atoms with E-state index in [1.54, 1.807) is 0 Å². The van der Waals surface area contributed by atoms with Crippen molar-refractivity contribution in [2.75, 3.05) is 13.1 Å². The van der Waals surface area contributed by atoms with E-state index in [9.17, 15) is 18.0 Å². The number of piperidine rings is 1. The Labute approximate surface area is 116 Å². The summed E-state index contributed by atoms with van der Waals surface area (Å²) in [4.78, 5) is 11.5. The maximum absolute atomic E-state index is 12.0. The number of amides is 2. The molecule has 1 saturated heterocycles. The summed E-state index contributed by atoms with van der Waals surface area (Å²) in [7, 11) is 0. The largest absolute Gasteiger partial charge is 0.405 e. The molecule has 1 unspecified atom stereocenters. The molecule has 0 aromatic rings. The fourth-order valence-corrected chi connectivity index (χ4v) is 3.31. The minimum Gasteiger partial charge on any atom is -0.335 e. The zero-order chi connectivity index (χ0) is 14.6. The van der Waals surface area contributed by atoms with E-state index in [-0.39, 0.29) is 11.6 Å². The van der Waals surface area contributed by atoms with E-state index in [4.69, 9.17) is 0 Å². The molecular formula is C13H22F3N3O. The van der Waals surface area contributed by atoms with Crippen molar-refractivity contribution in [3.8, 4) is 0 Å². The average Bonchev–Trinajstić information content (AvgIpc) is 2.37. The van der Waals surface area contributed by atoms with Gasteiger partial charge in [0.1, 0.15) is 6.54 Å². The fraction of sp³-hybridized carbons (Fsp3) is 0.923. The van der Waals surface area contributed by atoms with Crippen molar-refractivity contribution < 1.29 is 18.0 Å². The first kappa shape index (κ1) is 15.4. The van der Waals surface area contributed by atoms with Crippen LogP contribution in [0.2, 0.25) is 0 Å². The fourth-order valence-electron chi connectivity index (χ4n) is 3.31. The Bertz CT molecular complexity index is 335. The van der Waals surface area contributed by atoms with Crippen molar-refractivity contribution in [1.82, 2.24) is 16.0 Å². The summed E-state index contributed by atoms with van der Waals surface area (Å²) in [5, 5.41) is 8.08. The lowest BCUT2D eigenvalue weighted by Gasteiger charge is -2.44. The van der Waals surface area contributed by atoms with Crippen LogP contribution in [-0.2, 0) is 0 Å². The second kappa shape index (κ2) is 6.20.